The van der Waals surface area contributed by atoms with E-state index in [0.29, 0.717) is 18.6 Å². The van der Waals surface area contributed by atoms with Crippen LogP contribution in [0.3, 0.4) is 0 Å². The van der Waals surface area contributed by atoms with Crippen molar-refractivity contribution in [2.45, 2.75) is 37.8 Å². The minimum Gasteiger partial charge on any atom is -0.373 e. The highest BCUT2D eigenvalue weighted by Crippen LogP contribution is 2.28. The van der Waals surface area contributed by atoms with Gasteiger partial charge in [-0.1, -0.05) is 12.1 Å². The summed E-state index contributed by atoms with van der Waals surface area (Å²) in [6, 6.07) is 10.2. The minimum atomic E-state index is -0.260. The lowest BCUT2D eigenvalue weighted by Crippen LogP contribution is -2.39. The molecule has 2 unspecified atom stereocenters. The molecule has 0 saturated carbocycles. The quantitative estimate of drug-likeness (QED) is 0.897. The Kier molecular flexibility index (Phi) is 5.34. The third kappa shape index (κ3) is 4.27. The summed E-state index contributed by atoms with van der Waals surface area (Å²) >= 11 is 0. The summed E-state index contributed by atoms with van der Waals surface area (Å²) in [6.07, 6.45) is 5.37. The fraction of sp³-hybridized carbons (Fsp3) is 0.429. The second kappa shape index (κ2) is 8.05. The molecule has 27 heavy (non-hydrogen) atoms. The predicted octanol–water partition coefficient (Wildman–Crippen LogP) is 3.47. The zero-order chi connectivity index (χ0) is 18.6. The molecule has 142 valence electrons. The Balaban J connectivity index is 1.36. The molecule has 0 bridgehead atoms. The lowest BCUT2D eigenvalue weighted by Gasteiger charge is -2.30. The summed E-state index contributed by atoms with van der Waals surface area (Å²) in [5.74, 6) is 0.566. The summed E-state index contributed by atoms with van der Waals surface area (Å²) < 4.78 is 18.9. The fourth-order valence-electron chi connectivity index (χ4n) is 3.76. The maximum absolute atomic E-state index is 13.1. The number of aromatic nitrogens is 1. The third-order valence-corrected chi connectivity index (χ3v) is 5.30. The Hall–Kier alpha value is -2.47. The molecule has 4 rings (SSSR count). The molecule has 3 heterocycles. The molecule has 0 aliphatic carbocycles. The lowest BCUT2D eigenvalue weighted by atomic mass is 9.97. The maximum Gasteiger partial charge on any atom is 0.253 e. The first-order valence-electron chi connectivity index (χ1n) is 9.58. The molecule has 2 aromatic rings. The number of anilines is 1. The molecule has 2 aliphatic rings. The van der Waals surface area contributed by atoms with Crippen LogP contribution in [0.5, 0.6) is 0 Å². The highest BCUT2D eigenvalue weighted by molar-refractivity contribution is 5.94. The van der Waals surface area contributed by atoms with Crippen molar-refractivity contribution in [3.63, 3.8) is 0 Å². The van der Waals surface area contributed by atoms with Crippen molar-refractivity contribution < 1.29 is 13.9 Å². The molecule has 1 aromatic heterocycles. The SMILES string of the molecule is O=C(NC1CCOC(c2ccc(F)cc2)C1)c1ccc(N2CCCC2)nc1. The van der Waals surface area contributed by atoms with Gasteiger partial charge in [-0.25, -0.2) is 9.37 Å². The molecule has 6 heteroatoms. The van der Waals surface area contributed by atoms with Gasteiger partial charge in [0, 0.05) is 31.9 Å². The van der Waals surface area contributed by atoms with Crippen molar-refractivity contribution in [1.82, 2.24) is 10.3 Å². The molecule has 5 nitrogen and oxygen atoms in total. The van der Waals surface area contributed by atoms with Crippen LogP contribution in [0.15, 0.2) is 42.6 Å². The molecule has 0 spiro atoms. The molecule has 1 aromatic carbocycles. The Morgan fingerprint density at radius 3 is 2.63 bits per heavy atom. The van der Waals surface area contributed by atoms with Crippen LogP contribution in [0.4, 0.5) is 10.2 Å². The van der Waals surface area contributed by atoms with Crippen molar-refractivity contribution in [1.29, 1.82) is 0 Å². The van der Waals surface area contributed by atoms with Gasteiger partial charge in [0.15, 0.2) is 0 Å². The van der Waals surface area contributed by atoms with Gasteiger partial charge >= 0.3 is 0 Å². The molecule has 2 fully saturated rings. The van der Waals surface area contributed by atoms with Gasteiger partial charge in [0.2, 0.25) is 0 Å². The van der Waals surface area contributed by atoms with Gasteiger partial charge in [-0.15, -0.1) is 0 Å². The molecule has 2 aliphatic heterocycles. The van der Waals surface area contributed by atoms with Crippen LogP contribution < -0.4 is 10.2 Å². The number of halogens is 1. The molecule has 0 radical (unpaired) electrons. The second-order valence-electron chi connectivity index (χ2n) is 7.20. The van der Waals surface area contributed by atoms with E-state index in [2.05, 4.69) is 15.2 Å². The summed E-state index contributed by atoms with van der Waals surface area (Å²) in [5, 5.41) is 3.09. The Bertz CT molecular complexity index is 773. The number of hydrogen-bond donors (Lipinski definition) is 1. The number of carbonyl (C=O) groups excluding carboxylic acids is 1. The molecular formula is C21H24FN3O2. The summed E-state index contributed by atoms with van der Waals surface area (Å²) in [6.45, 7) is 2.63. The van der Waals surface area contributed by atoms with Crippen molar-refractivity contribution in [2.24, 2.45) is 0 Å². The molecule has 2 saturated heterocycles. The smallest absolute Gasteiger partial charge is 0.253 e. The van der Waals surface area contributed by atoms with E-state index in [9.17, 15) is 9.18 Å². The monoisotopic (exact) mass is 369 g/mol. The van der Waals surface area contributed by atoms with E-state index in [-0.39, 0.29) is 23.9 Å². The normalized spacial score (nSPS) is 22.6. The first-order chi connectivity index (χ1) is 13.2. The number of nitrogens with zero attached hydrogens (tertiary/aromatic N) is 2. The van der Waals surface area contributed by atoms with Gasteiger partial charge in [0.25, 0.3) is 5.91 Å². The van der Waals surface area contributed by atoms with Crippen molar-refractivity contribution >= 4 is 11.7 Å². The van der Waals surface area contributed by atoms with Gasteiger partial charge in [0.1, 0.15) is 11.6 Å². The second-order valence-corrected chi connectivity index (χ2v) is 7.20. The van der Waals surface area contributed by atoms with E-state index in [1.807, 2.05) is 12.1 Å². The average molecular weight is 369 g/mol. The maximum atomic E-state index is 13.1. The van der Waals surface area contributed by atoms with E-state index in [1.54, 1.807) is 18.3 Å². The van der Waals surface area contributed by atoms with E-state index >= 15 is 0 Å². The first kappa shape index (κ1) is 17.9. The minimum absolute atomic E-state index is 0.0274. The third-order valence-electron chi connectivity index (χ3n) is 5.30. The number of nitrogens with one attached hydrogen (secondary N) is 1. The van der Waals surface area contributed by atoms with Crippen LogP contribution in [0.1, 0.15) is 47.7 Å². The molecule has 1 N–H and O–H groups in total. The number of ether oxygens (including phenoxy) is 1. The Labute approximate surface area is 158 Å². The fourth-order valence-corrected chi connectivity index (χ4v) is 3.76. The average Bonchev–Trinajstić information content (AvgIpc) is 3.24. The predicted molar refractivity (Wildman–Crippen MR) is 101 cm³/mol. The highest BCUT2D eigenvalue weighted by Gasteiger charge is 2.25. The van der Waals surface area contributed by atoms with E-state index in [0.717, 1.165) is 30.9 Å². The van der Waals surface area contributed by atoms with E-state index < -0.39 is 0 Å². The number of carbonyl (C=O) groups is 1. The molecule has 1 amide bonds. The standard InChI is InChI=1S/C21H24FN3O2/c22-17-6-3-15(4-7-17)19-13-18(9-12-27-19)24-21(26)16-5-8-20(23-14-16)25-10-1-2-11-25/h3-8,14,18-19H,1-2,9-13H2,(H,24,26). The van der Waals surface area contributed by atoms with Gasteiger partial charge in [-0.05, 0) is 55.5 Å². The molecular weight excluding hydrogens is 345 g/mol. The van der Waals surface area contributed by atoms with Crippen molar-refractivity contribution in [3.8, 4) is 0 Å². The highest BCUT2D eigenvalue weighted by atomic mass is 19.1. The van der Waals surface area contributed by atoms with Crippen LogP contribution in [0.25, 0.3) is 0 Å². The first-order valence-corrected chi connectivity index (χ1v) is 9.58. The van der Waals surface area contributed by atoms with Crippen LogP contribution in [0.2, 0.25) is 0 Å². The number of rotatable bonds is 4. The number of pyridine rings is 1. The van der Waals surface area contributed by atoms with E-state index in [1.165, 1.54) is 25.0 Å². The molecule has 2 atom stereocenters. The lowest BCUT2D eigenvalue weighted by molar-refractivity contribution is 0.000874. The largest absolute Gasteiger partial charge is 0.373 e. The number of amides is 1. The zero-order valence-electron chi connectivity index (χ0n) is 15.2. The van der Waals surface area contributed by atoms with Crippen molar-refractivity contribution in [3.05, 3.63) is 59.5 Å². The van der Waals surface area contributed by atoms with Crippen LogP contribution in [-0.2, 0) is 4.74 Å². The Morgan fingerprint density at radius 2 is 1.93 bits per heavy atom. The van der Waals surface area contributed by atoms with Crippen molar-refractivity contribution in [2.75, 3.05) is 24.6 Å². The van der Waals surface area contributed by atoms with E-state index in [4.69, 9.17) is 4.74 Å². The van der Waals surface area contributed by atoms with Gasteiger partial charge in [0.05, 0.1) is 11.7 Å². The van der Waals surface area contributed by atoms with Crippen LogP contribution in [0, 0.1) is 5.82 Å². The van der Waals surface area contributed by atoms with Crippen LogP contribution in [-0.4, -0.2) is 36.6 Å². The summed E-state index contributed by atoms with van der Waals surface area (Å²) in [5.41, 5.74) is 1.51. The van der Waals surface area contributed by atoms with Gasteiger partial charge < -0.3 is 15.0 Å². The summed E-state index contributed by atoms with van der Waals surface area (Å²) in [4.78, 5) is 19.3. The number of hydrogen-bond acceptors (Lipinski definition) is 4. The van der Waals surface area contributed by atoms with Gasteiger partial charge in [-0.3, -0.25) is 4.79 Å². The number of benzene rings is 1. The topological polar surface area (TPSA) is 54.5 Å². The van der Waals surface area contributed by atoms with Gasteiger partial charge in [-0.2, -0.15) is 0 Å². The summed E-state index contributed by atoms with van der Waals surface area (Å²) in [7, 11) is 0. The van der Waals surface area contributed by atoms with Crippen LogP contribution >= 0.6 is 0 Å². The zero-order valence-corrected chi connectivity index (χ0v) is 15.2. The Morgan fingerprint density at radius 1 is 1.15 bits per heavy atom.